The number of likely N-dealkylation sites (N-methyl/N-ethyl adjacent to an activating group) is 1. The monoisotopic (exact) mass is 284 g/mol. The zero-order valence-corrected chi connectivity index (χ0v) is 12.6. The van der Waals surface area contributed by atoms with Crippen LogP contribution in [0, 0.1) is 6.92 Å². The normalized spacial score (nSPS) is 20.7. The molecule has 1 atom stereocenters. The van der Waals surface area contributed by atoms with E-state index in [4.69, 9.17) is 10.5 Å². The fraction of sp³-hybridized carbons (Fsp3) is 0.714. The summed E-state index contributed by atoms with van der Waals surface area (Å²) in [6.45, 7) is 4.62. The first-order chi connectivity index (χ1) is 9.04. The Hall–Kier alpha value is -0.460. The first-order valence-corrected chi connectivity index (χ1v) is 7.62. The molecule has 108 valence electrons. The van der Waals surface area contributed by atoms with E-state index in [9.17, 15) is 5.11 Å². The summed E-state index contributed by atoms with van der Waals surface area (Å²) < 4.78 is 5.32. The molecule has 1 fully saturated rings. The summed E-state index contributed by atoms with van der Waals surface area (Å²) in [4.78, 5) is 4.75. The maximum atomic E-state index is 10.6. The molecule has 2 rings (SSSR count). The van der Waals surface area contributed by atoms with Crippen LogP contribution in [-0.4, -0.2) is 49.0 Å². The van der Waals surface area contributed by atoms with Crippen molar-refractivity contribution in [1.82, 2.24) is 4.90 Å². The molecule has 0 spiro atoms. The Morgan fingerprint density at radius 1 is 1.47 bits per heavy atom. The highest BCUT2D eigenvalue weighted by Crippen LogP contribution is 2.29. The van der Waals surface area contributed by atoms with Crippen molar-refractivity contribution in [3.05, 3.63) is 21.9 Å². The molecule has 4 nitrogen and oxygen atoms in total. The Kier molecular flexibility index (Phi) is 4.97. The highest BCUT2D eigenvalue weighted by molar-refractivity contribution is 7.12. The molecule has 1 aliphatic heterocycles. The van der Waals surface area contributed by atoms with Gasteiger partial charge in [0.05, 0.1) is 11.6 Å². The van der Waals surface area contributed by atoms with Gasteiger partial charge in [0.2, 0.25) is 0 Å². The van der Waals surface area contributed by atoms with E-state index < -0.39 is 5.60 Å². The molecule has 0 bridgehead atoms. The number of thiophene rings is 1. The van der Waals surface area contributed by atoms with Gasteiger partial charge in [-0.1, -0.05) is 0 Å². The van der Waals surface area contributed by atoms with Crippen LogP contribution in [0.1, 0.15) is 28.6 Å². The molecule has 3 N–H and O–H groups in total. The Labute approximate surface area is 119 Å². The van der Waals surface area contributed by atoms with E-state index in [2.05, 4.69) is 24.0 Å². The topological polar surface area (TPSA) is 58.7 Å². The van der Waals surface area contributed by atoms with Gasteiger partial charge in [-0.15, -0.1) is 11.3 Å². The average Bonchev–Trinajstić information content (AvgIpc) is 2.77. The second-order valence-electron chi connectivity index (χ2n) is 5.45. The van der Waals surface area contributed by atoms with Crippen LogP contribution in [0.5, 0.6) is 0 Å². The van der Waals surface area contributed by atoms with E-state index in [1.54, 1.807) is 11.3 Å². The van der Waals surface area contributed by atoms with E-state index in [-0.39, 0.29) is 6.04 Å². The second-order valence-corrected chi connectivity index (χ2v) is 6.77. The molecular weight excluding hydrogens is 260 g/mol. The number of hydrogen-bond donors (Lipinski definition) is 2. The van der Waals surface area contributed by atoms with Crippen molar-refractivity contribution < 1.29 is 9.84 Å². The second kappa shape index (κ2) is 6.33. The van der Waals surface area contributed by atoms with Gasteiger partial charge >= 0.3 is 0 Å². The molecule has 0 radical (unpaired) electrons. The minimum absolute atomic E-state index is 0.186. The summed E-state index contributed by atoms with van der Waals surface area (Å²) in [6.07, 6.45) is 1.41. The van der Waals surface area contributed by atoms with Crippen LogP contribution in [0.4, 0.5) is 0 Å². The first kappa shape index (κ1) is 14.9. The van der Waals surface area contributed by atoms with Crippen molar-refractivity contribution >= 4 is 11.3 Å². The minimum Gasteiger partial charge on any atom is -0.388 e. The third-order valence-corrected chi connectivity index (χ3v) is 4.91. The maximum Gasteiger partial charge on any atom is 0.0818 e. The summed E-state index contributed by atoms with van der Waals surface area (Å²) in [5.74, 6) is 0. The number of aliphatic hydroxyl groups is 1. The van der Waals surface area contributed by atoms with Gasteiger partial charge < -0.3 is 15.6 Å². The molecule has 19 heavy (non-hydrogen) atoms. The van der Waals surface area contributed by atoms with Crippen molar-refractivity contribution in [2.24, 2.45) is 5.73 Å². The van der Waals surface area contributed by atoms with Gasteiger partial charge in [-0.3, -0.25) is 4.90 Å². The van der Waals surface area contributed by atoms with Crippen LogP contribution in [0.15, 0.2) is 12.1 Å². The van der Waals surface area contributed by atoms with Crippen LogP contribution >= 0.6 is 11.3 Å². The van der Waals surface area contributed by atoms with Gasteiger partial charge in [-0.05, 0) is 26.1 Å². The van der Waals surface area contributed by atoms with Gasteiger partial charge in [0.15, 0.2) is 0 Å². The summed E-state index contributed by atoms with van der Waals surface area (Å²) in [6, 6.07) is 4.45. The van der Waals surface area contributed by atoms with Gasteiger partial charge in [0.1, 0.15) is 0 Å². The largest absolute Gasteiger partial charge is 0.388 e. The van der Waals surface area contributed by atoms with Crippen LogP contribution in [0.25, 0.3) is 0 Å². The molecule has 0 aromatic carbocycles. The van der Waals surface area contributed by atoms with Crippen molar-refractivity contribution in [3.8, 4) is 0 Å². The summed E-state index contributed by atoms with van der Waals surface area (Å²) >= 11 is 1.78. The fourth-order valence-corrected chi connectivity index (χ4v) is 3.69. The smallest absolute Gasteiger partial charge is 0.0818 e. The van der Waals surface area contributed by atoms with Crippen molar-refractivity contribution in [2.45, 2.75) is 31.4 Å². The van der Waals surface area contributed by atoms with Gasteiger partial charge in [-0.25, -0.2) is 0 Å². The minimum atomic E-state index is -0.632. The number of ether oxygens (including phenoxy) is 1. The van der Waals surface area contributed by atoms with Crippen LogP contribution in [0.2, 0.25) is 0 Å². The number of aryl methyl sites for hydroxylation is 1. The Balaban J connectivity index is 2.02. The predicted molar refractivity (Wildman–Crippen MR) is 78.5 cm³/mol. The summed E-state index contributed by atoms with van der Waals surface area (Å²) in [5.41, 5.74) is 5.29. The van der Waals surface area contributed by atoms with Crippen LogP contribution in [0.3, 0.4) is 0 Å². The molecule has 0 amide bonds. The van der Waals surface area contributed by atoms with Gasteiger partial charge in [-0.2, -0.15) is 0 Å². The highest BCUT2D eigenvalue weighted by atomic mass is 32.1. The molecule has 5 heteroatoms. The Morgan fingerprint density at radius 3 is 2.68 bits per heavy atom. The predicted octanol–water partition coefficient (Wildman–Crippen LogP) is 1.53. The standard InChI is InChI=1S/C14H24N2O2S/c1-11-3-4-13(19-11)12(9-15)16(2)10-14(17)5-7-18-8-6-14/h3-4,12,17H,5-10,15H2,1-2H3. The zero-order chi connectivity index (χ0) is 13.9. The zero-order valence-electron chi connectivity index (χ0n) is 11.8. The van der Waals surface area contributed by atoms with E-state index in [1.165, 1.54) is 9.75 Å². The molecule has 1 aliphatic rings. The maximum absolute atomic E-state index is 10.6. The fourth-order valence-electron chi connectivity index (χ4n) is 2.63. The molecule has 0 saturated carbocycles. The number of rotatable bonds is 5. The number of nitrogens with zero attached hydrogens (tertiary/aromatic N) is 1. The molecule has 0 aliphatic carbocycles. The van der Waals surface area contributed by atoms with Crippen molar-refractivity contribution in [2.75, 3.05) is 33.4 Å². The van der Waals surface area contributed by atoms with Crippen LogP contribution in [-0.2, 0) is 4.74 Å². The highest BCUT2D eigenvalue weighted by Gasteiger charge is 2.33. The van der Waals surface area contributed by atoms with Crippen molar-refractivity contribution in [3.63, 3.8) is 0 Å². The SMILES string of the molecule is Cc1ccc(C(CN)N(C)CC2(O)CCOCC2)s1. The molecule has 1 aromatic heterocycles. The number of nitrogens with two attached hydrogens (primary N) is 1. The summed E-state index contributed by atoms with van der Waals surface area (Å²) in [5, 5.41) is 10.6. The lowest BCUT2D eigenvalue weighted by Gasteiger charge is -2.38. The molecular formula is C14H24N2O2S. The lowest BCUT2D eigenvalue weighted by Crippen LogP contribution is -2.47. The third-order valence-electron chi connectivity index (χ3n) is 3.81. The Morgan fingerprint density at radius 2 is 2.16 bits per heavy atom. The van der Waals surface area contributed by atoms with Crippen LogP contribution < -0.4 is 5.73 Å². The molecule has 1 saturated heterocycles. The first-order valence-electron chi connectivity index (χ1n) is 6.81. The van der Waals surface area contributed by atoms with E-state index in [0.29, 0.717) is 39.1 Å². The van der Waals surface area contributed by atoms with Gasteiger partial charge in [0, 0.05) is 48.9 Å². The Bertz CT molecular complexity index is 402. The van der Waals surface area contributed by atoms with Gasteiger partial charge in [0.25, 0.3) is 0 Å². The molecule has 2 heterocycles. The number of hydrogen-bond acceptors (Lipinski definition) is 5. The van der Waals surface area contributed by atoms with E-state index in [0.717, 1.165) is 0 Å². The summed E-state index contributed by atoms with van der Waals surface area (Å²) in [7, 11) is 2.04. The van der Waals surface area contributed by atoms with E-state index >= 15 is 0 Å². The average molecular weight is 284 g/mol. The third kappa shape index (κ3) is 3.77. The van der Waals surface area contributed by atoms with Crippen molar-refractivity contribution in [1.29, 1.82) is 0 Å². The lowest BCUT2D eigenvalue weighted by atomic mass is 9.93. The molecule has 1 aromatic rings. The lowest BCUT2D eigenvalue weighted by molar-refractivity contribution is -0.0811. The molecule has 1 unspecified atom stereocenters. The quantitative estimate of drug-likeness (QED) is 0.861. The van der Waals surface area contributed by atoms with E-state index in [1.807, 2.05) is 7.05 Å².